The third kappa shape index (κ3) is 7.23. The maximum Gasteiger partial charge on any atom is 0.243 e. The molecule has 0 spiro atoms. The predicted molar refractivity (Wildman–Crippen MR) is 131 cm³/mol. The van der Waals surface area contributed by atoms with Gasteiger partial charge in [-0.1, -0.05) is 12.8 Å². The third-order valence-electron chi connectivity index (χ3n) is 5.26. The molecule has 0 saturated carbocycles. The Bertz CT molecular complexity index is 1300. The molecule has 0 bridgehead atoms. The molecule has 0 aliphatic rings. The third-order valence-corrected chi connectivity index (χ3v) is 5.85. The van der Waals surface area contributed by atoms with Crippen LogP contribution in [-0.2, 0) is 14.8 Å². The predicted octanol–water partition coefficient (Wildman–Crippen LogP) is 3.22. The summed E-state index contributed by atoms with van der Waals surface area (Å²) in [5.74, 6) is 0.353. The van der Waals surface area contributed by atoms with E-state index in [0.29, 0.717) is 29.9 Å². The van der Waals surface area contributed by atoms with Gasteiger partial charge in [0.05, 0.1) is 20.0 Å². The summed E-state index contributed by atoms with van der Waals surface area (Å²) in [7, 11) is -2.12. The second kappa shape index (κ2) is 11.8. The van der Waals surface area contributed by atoms with Gasteiger partial charge in [0, 0.05) is 29.3 Å². The summed E-state index contributed by atoms with van der Waals surface area (Å²) < 4.78 is 37.3. The number of amides is 1. The fraction of sp³-hybridized carbons (Fsp3) is 0.391. The number of ether oxygens (including phenoxy) is 2. The molecule has 35 heavy (non-hydrogen) atoms. The molecule has 0 aliphatic carbocycles. The number of aromatic nitrogens is 3. The molecule has 0 radical (unpaired) electrons. The largest absolute Gasteiger partial charge is 0.491 e. The van der Waals surface area contributed by atoms with E-state index >= 15 is 0 Å². The molecule has 11 nitrogen and oxygen atoms in total. The van der Waals surface area contributed by atoms with Crippen molar-refractivity contribution < 1.29 is 27.9 Å². The number of nitrogens with one attached hydrogen (secondary N) is 2. The summed E-state index contributed by atoms with van der Waals surface area (Å²) >= 11 is 0. The van der Waals surface area contributed by atoms with Gasteiger partial charge < -0.3 is 9.47 Å². The average molecular weight is 504 g/mol. The normalized spacial score (nSPS) is 11.3. The number of hydrogen-bond donors (Lipinski definition) is 3. The molecule has 3 aromatic rings. The maximum absolute atomic E-state index is 11.8. The zero-order chi connectivity index (χ0) is 25.4. The van der Waals surface area contributed by atoms with E-state index in [0.717, 1.165) is 42.2 Å². The smallest absolute Gasteiger partial charge is 0.243 e. The number of sulfonamides is 1. The minimum Gasteiger partial charge on any atom is -0.491 e. The zero-order valence-corrected chi connectivity index (χ0v) is 20.7. The molecule has 0 atom stereocenters. The minimum atomic E-state index is -3.54. The highest BCUT2D eigenvalue weighted by atomic mass is 32.2. The molecule has 3 rings (SSSR count). The molecular formula is C23H29N5O6S. The number of aryl methyl sites for hydroxylation is 1. The molecule has 12 heteroatoms. The van der Waals surface area contributed by atoms with Gasteiger partial charge in [-0.3, -0.25) is 14.7 Å². The zero-order valence-electron chi connectivity index (χ0n) is 19.9. The van der Waals surface area contributed by atoms with Gasteiger partial charge >= 0.3 is 0 Å². The quantitative estimate of drug-likeness (QED) is 0.192. The number of carbonyl (C=O) groups excluding carboxylic acids is 1. The van der Waals surface area contributed by atoms with Crippen molar-refractivity contribution in [2.24, 2.45) is 0 Å². The van der Waals surface area contributed by atoms with E-state index in [1.165, 1.54) is 13.4 Å². The second-order valence-corrected chi connectivity index (χ2v) is 9.78. The van der Waals surface area contributed by atoms with Crippen LogP contribution in [0.3, 0.4) is 0 Å². The van der Waals surface area contributed by atoms with E-state index in [2.05, 4.69) is 19.7 Å². The number of hydroxylamine groups is 1. The van der Waals surface area contributed by atoms with E-state index < -0.39 is 10.0 Å². The SMILES string of the molecule is COc1ncc(-c2cc(OCCCCCCC(=O)NO)c3ncnc(C)c3c2)cc1NS(C)(=O)=O. The molecule has 2 heterocycles. The number of carbonyl (C=O) groups is 1. The average Bonchev–Trinajstić information content (AvgIpc) is 2.82. The van der Waals surface area contributed by atoms with Gasteiger partial charge in [0.15, 0.2) is 0 Å². The van der Waals surface area contributed by atoms with Crippen molar-refractivity contribution >= 4 is 32.5 Å². The van der Waals surface area contributed by atoms with Crippen LogP contribution in [-0.4, -0.2) is 54.5 Å². The number of unbranched alkanes of at least 4 members (excludes halogenated alkanes) is 3. The maximum atomic E-state index is 11.8. The Hall–Kier alpha value is -3.51. The summed E-state index contributed by atoms with van der Waals surface area (Å²) in [4.78, 5) is 24.0. The molecule has 1 amide bonds. The summed E-state index contributed by atoms with van der Waals surface area (Å²) in [5, 5.41) is 9.34. The van der Waals surface area contributed by atoms with Crippen LogP contribution < -0.4 is 19.7 Å². The van der Waals surface area contributed by atoms with Crippen LogP contribution in [0.15, 0.2) is 30.7 Å². The van der Waals surface area contributed by atoms with E-state index in [-0.39, 0.29) is 23.9 Å². The Labute approximate surface area is 203 Å². The standard InChI is InChI=1S/C23H29N5O6S/c1-15-18-10-16(17-11-19(28-35(3,31)32)23(33-2)24-13-17)12-20(22(18)26-14-25-15)34-9-7-5-4-6-8-21(29)27-30/h10-14,28,30H,4-9H2,1-3H3,(H,27,29). The second-order valence-electron chi connectivity index (χ2n) is 8.03. The molecular weight excluding hydrogens is 474 g/mol. The fourth-order valence-corrected chi connectivity index (χ4v) is 4.11. The molecule has 0 fully saturated rings. The van der Waals surface area contributed by atoms with Gasteiger partial charge in [0.25, 0.3) is 0 Å². The molecule has 3 N–H and O–H groups in total. The summed E-state index contributed by atoms with van der Waals surface area (Å²) in [6, 6.07) is 5.41. The highest BCUT2D eigenvalue weighted by molar-refractivity contribution is 7.92. The Balaban J connectivity index is 1.84. The van der Waals surface area contributed by atoms with Gasteiger partial charge in [-0.2, -0.15) is 0 Å². The van der Waals surface area contributed by atoms with E-state index in [4.69, 9.17) is 14.7 Å². The molecule has 1 aromatic carbocycles. The number of benzene rings is 1. The first kappa shape index (κ1) is 26.1. The first-order valence-corrected chi connectivity index (χ1v) is 12.9. The van der Waals surface area contributed by atoms with Gasteiger partial charge in [-0.05, 0) is 43.5 Å². The lowest BCUT2D eigenvalue weighted by Crippen LogP contribution is -2.17. The number of pyridine rings is 1. The van der Waals surface area contributed by atoms with Crippen molar-refractivity contribution in [1.29, 1.82) is 0 Å². The number of fused-ring (bicyclic) bond motifs is 1. The molecule has 2 aromatic heterocycles. The Morgan fingerprint density at radius 3 is 2.54 bits per heavy atom. The number of methoxy groups -OCH3 is 1. The lowest BCUT2D eigenvalue weighted by atomic mass is 10.0. The van der Waals surface area contributed by atoms with Gasteiger partial charge in [-0.15, -0.1) is 0 Å². The molecule has 0 aliphatic heterocycles. The van der Waals surface area contributed by atoms with Crippen LogP contribution in [0.25, 0.3) is 22.0 Å². The van der Waals surface area contributed by atoms with E-state index in [1.807, 2.05) is 19.1 Å². The van der Waals surface area contributed by atoms with E-state index in [1.54, 1.807) is 17.7 Å². The first-order chi connectivity index (χ1) is 16.7. The van der Waals surface area contributed by atoms with Crippen LogP contribution in [0.4, 0.5) is 5.69 Å². The molecule has 188 valence electrons. The van der Waals surface area contributed by atoms with Crippen molar-refractivity contribution in [3.8, 4) is 22.8 Å². The summed E-state index contributed by atoms with van der Waals surface area (Å²) in [5.41, 5.74) is 4.73. The Kier molecular flexibility index (Phi) is 8.77. The lowest BCUT2D eigenvalue weighted by Gasteiger charge is -2.14. The van der Waals surface area contributed by atoms with Crippen molar-refractivity contribution in [3.63, 3.8) is 0 Å². The molecule has 0 unspecified atom stereocenters. The highest BCUT2D eigenvalue weighted by Gasteiger charge is 2.15. The molecule has 0 saturated heterocycles. The number of nitrogens with zero attached hydrogens (tertiary/aromatic N) is 3. The van der Waals surface area contributed by atoms with Crippen LogP contribution in [0, 0.1) is 6.92 Å². The fourth-order valence-electron chi connectivity index (χ4n) is 3.56. The van der Waals surface area contributed by atoms with Crippen molar-refractivity contribution in [2.45, 2.75) is 39.0 Å². The van der Waals surface area contributed by atoms with Gasteiger partial charge in [-0.25, -0.2) is 28.8 Å². The van der Waals surface area contributed by atoms with Crippen molar-refractivity contribution in [2.75, 3.05) is 24.7 Å². The van der Waals surface area contributed by atoms with Crippen LogP contribution in [0.1, 0.15) is 37.8 Å². The Morgan fingerprint density at radius 1 is 1.06 bits per heavy atom. The number of rotatable bonds is 12. The highest BCUT2D eigenvalue weighted by Crippen LogP contribution is 2.35. The van der Waals surface area contributed by atoms with Crippen LogP contribution in [0.5, 0.6) is 11.6 Å². The van der Waals surface area contributed by atoms with Gasteiger partial charge in [0.2, 0.25) is 21.8 Å². The van der Waals surface area contributed by atoms with Crippen molar-refractivity contribution in [1.82, 2.24) is 20.4 Å². The van der Waals surface area contributed by atoms with Crippen LogP contribution in [0.2, 0.25) is 0 Å². The van der Waals surface area contributed by atoms with Crippen LogP contribution >= 0.6 is 0 Å². The topological polar surface area (TPSA) is 153 Å². The summed E-state index contributed by atoms with van der Waals surface area (Å²) in [6.45, 7) is 2.33. The van der Waals surface area contributed by atoms with E-state index in [9.17, 15) is 13.2 Å². The number of hydrogen-bond acceptors (Lipinski definition) is 9. The monoisotopic (exact) mass is 503 g/mol. The Morgan fingerprint density at radius 2 is 1.83 bits per heavy atom. The van der Waals surface area contributed by atoms with Gasteiger partial charge in [0.1, 0.15) is 23.3 Å². The van der Waals surface area contributed by atoms with Crippen molar-refractivity contribution in [3.05, 3.63) is 36.4 Å². The summed E-state index contributed by atoms with van der Waals surface area (Å²) in [6.07, 6.45) is 7.60. The first-order valence-electron chi connectivity index (χ1n) is 11.0. The number of anilines is 1. The minimum absolute atomic E-state index is 0.160. The lowest BCUT2D eigenvalue weighted by molar-refractivity contribution is -0.129.